The van der Waals surface area contributed by atoms with E-state index in [9.17, 15) is 0 Å². The van der Waals surface area contributed by atoms with E-state index in [-0.39, 0.29) is 0 Å². The van der Waals surface area contributed by atoms with Crippen molar-refractivity contribution in [1.82, 2.24) is 15.5 Å². The largest absolute Gasteiger partial charge is 0.376 e. The SMILES string of the molecule is CCc1ccc(N(C)CCC2CNCCO2)nn1. The number of rotatable bonds is 5. The van der Waals surface area contributed by atoms with Crippen LogP contribution in [0.5, 0.6) is 0 Å². The summed E-state index contributed by atoms with van der Waals surface area (Å²) < 4.78 is 5.68. The van der Waals surface area contributed by atoms with Crippen LogP contribution in [0.1, 0.15) is 19.0 Å². The maximum atomic E-state index is 5.68. The molecule has 2 heterocycles. The number of nitrogens with zero attached hydrogens (tertiary/aromatic N) is 3. The Labute approximate surface area is 109 Å². The Balaban J connectivity index is 1.80. The number of aryl methyl sites for hydroxylation is 1. The molecule has 5 nitrogen and oxygen atoms in total. The molecule has 1 atom stereocenters. The molecule has 1 aromatic rings. The number of hydrogen-bond acceptors (Lipinski definition) is 5. The predicted octanol–water partition coefficient (Wildman–Crippen LogP) is 0.854. The van der Waals surface area contributed by atoms with Crippen LogP contribution in [-0.4, -0.2) is 49.6 Å². The average Bonchev–Trinajstić information content (AvgIpc) is 2.46. The van der Waals surface area contributed by atoms with Crippen molar-refractivity contribution in [3.8, 4) is 0 Å². The molecular formula is C13H22N4O. The highest BCUT2D eigenvalue weighted by Gasteiger charge is 2.14. The maximum absolute atomic E-state index is 5.68. The van der Waals surface area contributed by atoms with E-state index in [0.29, 0.717) is 6.10 Å². The van der Waals surface area contributed by atoms with Gasteiger partial charge in [-0.15, -0.1) is 5.10 Å². The van der Waals surface area contributed by atoms with Crippen LogP contribution in [-0.2, 0) is 11.2 Å². The van der Waals surface area contributed by atoms with Gasteiger partial charge in [0.1, 0.15) is 0 Å². The molecule has 1 aliphatic heterocycles. The van der Waals surface area contributed by atoms with Crippen molar-refractivity contribution in [2.24, 2.45) is 0 Å². The summed E-state index contributed by atoms with van der Waals surface area (Å²) in [6.07, 6.45) is 2.27. The fourth-order valence-corrected chi connectivity index (χ4v) is 2.00. The Hall–Kier alpha value is -1.20. The number of nitrogens with one attached hydrogen (secondary N) is 1. The smallest absolute Gasteiger partial charge is 0.150 e. The van der Waals surface area contributed by atoms with Crippen LogP contribution in [0.15, 0.2) is 12.1 Å². The van der Waals surface area contributed by atoms with Gasteiger partial charge in [0.05, 0.1) is 18.4 Å². The standard InChI is InChI=1S/C13H22N4O/c1-3-11-4-5-13(16-15-11)17(2)8-6-12-10-14-7-9-18-12/h4-5,12,14H,3,6-10H2,1-2H3. The first-order valence-electron chi connectivity index (χ1n) is 6.65. The van der Waals surface area contributed by atoms with Crippen LogP contribution in [0.4, 0.5) is 5.82 Å². The second-order valence-corrected chi connectivity index (χ2v) is 4.64. The predicted molar refractivity (Wildman–Crippen MR) is 71.9 cm³/mol. The lowest BCUT2D eigenvalue weighted by Crippen LogP contribution is -2.40. The molecule has 0 amide bonds. The Bertz CT molecular complexity index is 349. The maximum Gasteiger partial charge on any atom is 0.150 e. The number of ether oxygens (including phenoxy) is 1. The second kappa shape index (κ2) is 6.66. The highest BCUT2D eigenvalue weighted by atomic mass is 16.5. The van der Waals surface area contributed by atoms with Crippen LogP contribution < -0.4 is 10.2 Å². The van der Waals surface area contributed by atoms with Gasteiger partial charge < -0.3 is 15.0 Å². The molecule has 1 unspecified atom stereocenters. The first-order valence-corrected chi connectivity index (χ1v) is 6.65. The van der Waals surface area contributed by atoms with E-state index in [1.165, 1.54) is 0 Å². The lowest BCUT2D eigenvalue weighted by molar-refractivity contribution is 0.0250. The van der Waals surface area contributed by atoms with Gasteiger partial charge in [0, 0.05) is 26.7 Å². The van der Waals surface area contributed by atoms with Crippen LogP contribution in [0.2, 0.25) is 0 Å². The quantitative estimate of drug-likeness (QED) is 0.840. The summed E-state index contributed by atoms with van der Waals surface area (Å²) >= 11 is 0. The molecule has 1 N–H and O–H groups in total. The first-order chi connectivity index (χ1) is 8.79. The number of hydrogen-bond donors (Lipinski definition) is 1. The van der Waals surface area contributed by atoms with Crippen molar-refractivity contribution < 1.29 is 4.74 Å². The third-order valence-corrected chi connectivity index (χ3v) is 3.25. The molecule has 0 saturated carbocycles. The molecule has 1 saturated heterocycles. The number of anilines is 1. The van der Waals surface area contributed by atoms with Gasteiger partial charge in [-0.2, -0.15) is 5.10 Å². The van der Waals surface area contributed by atoms with Gasteiger partial charge in [-0.1, -0.05) is 6.92 Å². The molecule has 0 aliphatic carbocycles. The molecule has 0 spiro atoms. The van der Waals surface area contributed by atoms with Crippen molar-refractivity contribution in [3.05, 3.63) is 17.8 Å². The number of aromatic nitrogens is 2. The minimum absolute atomic E-state index is 0.323. The zero-order valence-corrected chi connectivity index (χ0v) is 11.2. The molecule has 0 bridgehead atoms. The van der Waals surface area contributed by atoms with E-state index in [1.54, 1.807) is 0 Å². The third-order valence-electron chi connectivity index (χ3n) is 3.25. The lowest BCUT2D eigenvalue weighted by atomic mass is 10.2. The monoisotopic (exact) mass is 250 g/mol. The molecule has 2 rings (SSSR count). The summed E-state index contributed by atoms with van der Waals surface area (Å²) in [6, 6.07) is 4.07. The molecule has 18 heavy (non-hydrogen) atoms. The summed E-state index contributed by atoms with van der Waals surface area (Å²) in [5.74, 6) is 0.927. The van der Waals surface area contributed by atoms with Gasteiger partial charge in [0.2, 0.25) is 0 Å². The highest BCUT2D eigenvalue weighted by Crippen LogP contribution is 2.10. The Morgan fingerprint density at radius 3 is 2.94 bits per heavy atom. The van der Waals surface area contributed by atoms with Crippen LogP contribution >= 0.6 is 0 Å². The van der Waals surface area contributed by atoms with Gasteiger partial charge in [0.15, 0.2) is 5.82 Å². The van der Waals surface area contributed by atoms with E-state index in [2.05, 4.69) is 27.3 Å². The number of morpholine rings is 1. The van der Waals surface area contributed by atoms with E-state index < -0.39 is 0 Å². The second-order valence-electron chi connectivity index (χ2n) is 4.64. The molecule has 1 fully saturated rings. The van der Waals surface area contributed by atoms with E-state index in [4.69, 9.17) is 4.74 Å². The van der Waals surface area contributed by atoms with E-state index in [1.807, 2.05) is 19.2 Å². The normalized spacial score (nSPS) is 19.8. The van der Waals surface area contributed by atoms with E-state index >= 15 is 0 Å². The van der Waals surface area contributed by atoms with Crippen LogP contribution in [0, 0.1) is 0 Å². The molecule has 1 aromatic heterocycles. The van der Waals surface area contributed by atoms with Crippen molar-refractivity contribution in [3.63, 3.8) is 0 Å². The third kappa shape index (κ3) is 3.65. The summed E-state index contributed by atoms with van der Waals surface area (Å²) in [5, 5.41) is 11.8. The van der Waals surface area contributed by atoms with Crippen LogP contribution in [0.25, 0.3) is 0 Å². The topological polar surface area (TPSA) is 50.3 Å². The van der Waals surface area contributed by atoms with Gasteiger partial charge in [-0.05, 0) is 25.0 Å². The first kappa shape index (κ1) is 13.2. The summed E-state index contributed by atoms with van der Waals surface area (Å²) in [5.41, 5.74) is 1.03. The molecule has 100 valence electrons. The van der Waals surface area contributed by atoms with Gasteiger partial charge in [-0.25, -0.2) is 0 Å². The van der Waals surface area contributed by atoms with Crippen LogP contribution in [0.3, 0.4) is 0 Å². The fourth-order valence-electron chi connectivity index (χ4n) is 2.00. The van der Waals surface area contributed by atoms with Gasteiger partial charge >= 0.3 is 0 Å². The molecule has 5 heteroatoms. The molecular weight excluding hydrogens is 228 g/mol. The van der Waals surface area contributed by atoms with Gasteiger partial charge in [0.25, 0.3) is 0 Å². The zero-order valence-electron chi connectivity index (χ0n) is 11.2. The lowest BCUT2D eigenvalue weighted by Gasteiger charge is -2.26. The fraction of sp³-hybridized carbons (Fsp3) is 0.692. The van der Waals surface area contributed by atoms with Crippen molar-refractivity contribution >= 4 is 5.82 Å². The molecule has 0 radical (unpaired) electrons. The zero-order chi connectivity index (χ0) is 12.8. The van der Waals surface area contributed by atoms with Crippen molar-refractivity contribution in [2.75, 3.05) is 38.2 Å². The highest BCUT2D eigenvalue weighted by molar-refractivity contribution is 5.35. The Morgan fingerprint density at radius 1 is 1.44 bits per heavy atom. The molecule has 1 aliphatic rings. The minimum atomic E-state index is 0.323. The van der Waals surface area contributed by atoms with E-state index in [0.717, 1.165) is 50.6 Å². The van der Waals surface area contributed by atoms with Crippen molar-refractivity contribution in [2.45, 2.75) is 25.9 Å². The Morgan fingerprint density at radius 2 is 2.33 bits per heavy atom. The van der Waals surface area contributed by atoms with Crippen molar-refractivity contribution in [1.29, 1.82) is 0 Å². The molecule has 0 aromatic carbocycles. The minimum Gasteiger partial charge on any atom is -0.376 e. The summed E-state index contributed by atoms with van der Waals surface area (Å²) in [4.78, 5) is 2.13. The average molecular weight is 250 g/mol. The Kier molecular flexibility index (Phi) is 4.90. The van der Waals surface area contributed by atoms with Gasteiger partial charge in [-0.3, -0.25) is 0 Å². The summed E-state index contributed by atoms with van der Waals surface area (Å²) in [6.45, 7) is 5.76. The summed E-state index contributed by atoms with van der Waals surface area (Å²) in [7, 11) is 2.05.